The van der Waals surface area contributed by atoms with E-state index in [2.05, 4.69) is 65.3 Å². The molecule has 4 rings (SSSR count). The Balaban J connectivity index is 1.43. The van der Waals surface area contributed by atoms with Crippen LogP contribution in [0.25, 0.3) is 0 Å². The van der Waals surface area contributed by atoms with Crippen LogP contribution in [0.1, 0.15) is 30.7 Å². The monoisotopic (exact) mass is 321 g/mol. The van der Waals surface area contributed by atoms with Crippen LogP contribution < -0.4 is 4.90 Å². The molecule has 1 aromatic carbocycles. The van der Waals surface area contributed by atoms with E-state index in [1.54, 1.807) is 0 Å². The molecule has 1 atom stereocenters. The Bertz CT molecular complexity index is 684. The van der Waals surface area contributed by atoms with Gasteiger partial charge in [0.1, 0.15) is 0 Å². The van der Waals surface area contributed by atoms with Crippen molar-refractivity contribution in [2.75, 3.05) is 31.1 Å². The van der Waals surface area contributed by atoms with Crippen LogP contribution in [-0.4, -0.2) is 36.1 Å². The molecule has 24 heavy (non-hydrogen) atoms. The van der Waals surface area contributed by atoms with E-state index in [9.17, 15) is 0 Å². The zero-order valence-electron chi connectivity index (χ0n) is 14.6. The van der Waals surface area contributed by atoms with Crippen molar-refractivity contribution in [3.8, 4) is 0 Å². The predicted octanol–water partition coefficient (Wildman–Crippen LogP) is 3.88. The van der Waals surface area contributed by atoms with Crippen LogP contribution >= 0.6 is 0 Å². The molecule has 2 aromatic rings. The molecular formula is C21H27N3. The Morgan fingerprint density at radius 1 is 0.958 bits per heavy atom. The molecule has 2 saturated heterocycles. The number of anilines is 1. The summed E-state index contributed by atoms with van der Waals surface area (Å²) in [5, 5.41) is 0. The summed E-state index contributed by atoms with van der Waals surface area (Å²) in [4.78, 5) is 9.90. The van der Waals surface area contributed by atoms with Crippen LogP contribution in [-0.2, 0) is 6.54 Å². The lowest BCUT2D eigenvalue weighted by Gasteiger charge is -2.40. The minimum atomic E-state index is 0.470. The molecule has 2 aliphatic heterocycles. The van der Waals surface area contributed by atoms with Gasteiger partial charge in [0.15, 0.2) is 0 Å². The number of aryl methyl sites for hydroxylation is 1. The van der Waals surface area contributed by atoms with Gasteiger partial charge >= 0.3 is 0 Å². The van der Waals surface area contributed by atoms with Crippen LogP contribution in [0.4, 0.5) is 5.69 Å². The quantitative estimate of drug-likeness (QED) is 0.855. The number of pyridine rings is 1. The third-order valence-electron chi connectivity index (χ3n) is 5.63. The summed E-state index contributed by atoms with van der Waals surface area (Å²) in [5.74, 6) is 0. The maximum atomic E-state index is 4.69. The Hall–Kier alpha value is -1.87. The average molecular weight is 321 g/mol. The van der Waals surface area contributed by atoms with Crippen molar-refractivity contribution in [2.45, 2.75) is 32.7 Å². The summed E-state index contributed by atoms with van der Waals surface area (Å²) in [5.41, 5.74) is 4.19. The summed E-state index contributed by atoms with van der Waals surface area (Å²) in [7, 11) is 0. The largest absolute Gasteiger partial charge is 0.371 e. The normalized spacial score (nSPS) is 24.6. The SMILES string of the molecule is Cc1cccc(CN2CCC[C@@]3(CCN(c4ccccc4)C3)C2)n1. The van der Waals surface area contributed by atoms with Crippen LogP contribution in [0, 0.1) is 12.3 Å². The lowest BCUT2D eigenvalue weighted by molar-refractivity contribution is 0.0981. The topological polar surface area (TPSA) is 19.4 Å². The number of aromatic nitrogens is 1. The number of para-hydroxylation sites is 1. The van der Waals surface area contributed by atoms with Crippen LogP contribution in [0.2, 0.25) is 0 Å². The summed E-state index contributed by atoms with van der Waals surface area (Å²) in [6.07, 6.45) is 4.00. The molecule has 0 aliphatic carbocycles. The highest BCUT2D eigenvalue weighted by Crippen LogP contribution is 2.40. The minimum Gasteiger partial charge on any atom is -0.371 e. The smallest absolute Gasteiger partial charge is 0.0547 e. The molecule has 3 heteroatoms. The van der Waals surface area contributed by atoms with Crippen molar-refractivity contribution in [3.05, 3.63) is 59.9 Å². The lowest BCUT2D eigenvalue weighted by atomic mass is 9.79. The van der Waals surface area contributed by atoms with Crippen LogP contribution in [0.15, 0.2) is 48.5 Å². The molecule has 0 bridgehead atoms. The molecule has 1 aromatic heterocycles. The third kappa shape index (κ3) is 3.32. The van der Waals surface area contributed by atoms with E-state index in [4.69, 9.17) is 4.98 Å². The maximum Gasteiger partial charge on any atom is 0.0547 e. The van der Waals surface area contributed by atoms with Gasteiger partial charge in [-0.3, -0.25) is 9.88 Å². The van der Waals surface area contributed by atoms with Crippen molar-refractivity contribution >= 4 is 5.69 Å². The first-order chi connectivity index (χ1) is 11.7. The van der Waals surface area contributed by atoms with Gasteiger partial charge in [-0.25, -0.2) is 0 Å². The van der Waals surface area contributed by atoms with E-state index in [-0.39, 0.29) is 0 Å². The van der Waals surface area contributed by atoms with Gasteiger partial charge in [-0.15, -0.1) is 0 Å². The van der Waals surface area contributed by atoms with Gasteiger partial charge in [0.2, 0.25) is 0 Å². The van der Waals surface area contributed by atoms with Gasteiger partial charge in [0.25, 0.3) is 0 Å². The second-order valence-electron chi connectivity index (χ2n) is 7.59. The van der Waals surface area contributed by atoms with E-state index in [0.29, 0.717) is 5.41 Å². The van der Waals surface area contributed by atoms with Gasteiger partial charge in [-0.05, 0) is 57.0 Å². The highest BCUT2D eigenvalue weighted by Gasteiger charge is 2.41. The predicted molar refractivity (Wildman–Crippen MR) is 99.2 cm³/mol. The van der Waals surface area contributed by atoms with Crippen molar-refractivity contribution in [3.63, 3.8) is 0 Å². The molecule has 3 nitrogen and oxygen atoms in total. The van der Waals surface area contributed by atoms with Crippen molar-refractivity contribution < 1.29 is 0 Å². The number of benzene rings is 1. The number of hydrogen-bond donors (Lipinski definition) is 0. The molecule has 0 radical (unpaired) electrons. The summed E-state index contributed by atoms with van der Waals surface area (Å²) in [6.45, 7) is 7.90. The van der Waals surface area contributed by atoms with E-state index in [1.807, 2.05) is 0 Å². The molecule has 0 N–H and O–H groups in total. The first kappa shape index (κ1) is 15.6. The van der Waals surface area contributed by atoms with Gasteiger partial charge in [-0.1, -0.05) is 24.3 Å². The van der Waals surface area contributed by atoms with Crippen molar-refractivity contribution in [1.29, 1.82) is 0 Å². The number of rotatable bonds is 3. The van der Waals surface area contributed by atoms with Gasteiger partial charge in [0, 0.05) is 43.0 Å². The van der Waals surface area contributed by atoms with Crippen molar-refractivity contribution in [1.82, 2.24) is 9.88 Å². The second-order valence-corrected chi connectivity index (χ2v) is 7.59. The number of likely N-dealkylation sites (tertiary alicyclic amines) is 1. The third-order valence-corrected chi connectivity index (χ3v) is 5.63. The van der Waals surface area contributed by atoms with E-state index < -0.39 is 0 Å². The number of nitrogens with zero attached hydrogens (tertiary/aromatic N) is 3. The van der Waals surface area contributed by atoms with Crippen LogP contribution in [0.3, 0.4) is 0 Å². The zero-order chi connectivity index (χ0) is 16.4. The fraction of sp³-hybridized carbons (Fsp3) is 0.476. The first-order valence-corrected chi connectivity index (χ1v) is 9.17. The molecule has 2 fully saturated rings. The molecule has 1 spiro atoms. The maximum absolute atomic E-state index is 4.69. The fourth-order valence-corrected chi connectivity index (χ4v) is 4.49. The van der Waals surface area contributed by atoms with Gasteiger partial charge < -0.3 is 4.90 Å². The standard InChI is InChI=1S/C21H27N3/c1-18-7-5-8-19(22-18)15-23-13-6-11-21(16-23)12-14-24(17-21)20-9-3-2-4-10-20/h2-5,7-10H,6,11-17H2,1H3/t21-/m1/s1. The van der Waals surface area contributed by atoms with Crippen LogP contribution in [0.5, 0.6) is 0 Å². The summed E-state index contributed by atoms with van der Waals surface area (Å²) >= 11 is 0. The second kappa shape index (κ2) is 6.56. The van der Waals surface area contributed by atoms with Crippen molar-refractivity contribution in [2.24, 2.45) is 5.41 Å². The Morgan fingerprint density at radius 2 is 1.83 bits per heavy atom. The number of hydrogen-bond acceptors (Lipinski definition) is 3. The molecule has 0 unspecified atom stereocenters. The minimum absolute atomic E-state index is 0.470. The zero-order valence-corrected chi connectivity index (χ0v) is 14.6. The molecule has 0 saturated carbocycles. The van der Waals surface area contributed by atoms with Gasteiger partial charge in [0.05, 0.1) is 5.69 Å². The average Bonchev–Trinajstić information content (AvgIpc) is 2.99. The molecule has 2 aliphatic rings. The van der Waals surface area contributed by atoms with E-state index >= 15 is 0 Å². The van der Waals surface area contributed by atoms with E-state index in [1.165, 1.54) is 56.8 Å². The van der Waals surface area contributed by atoms with Gasteiger partial charge in [-0.2, -0.15) is 0 Å². The molecule has 0 amide bonds. The Kier molecular flexibility index (Phi) is 4.28. The fourth-order valence-electron chi connectivity index (χ4n) is 4.49. The summed E-state index contributed by atoms with van der Waals surface area (Å²) < 4.78 is 0. The number of piperidine rings is 1. The molecule has 3 heterocycles. The molecular weight excluding hydrogens is 294 g/mol. The highest BCUT2D eigenvalue weighted by molar-refractivity contribution is 5.47. The highest BCUT2D eigenvalue weighted by atomic mass is 15.2. The summed E-state index contributed by atoms with van der Waals surface area (Å²) in [6, 6.07) is 17.3. The molecule has 126 valence electrons. The Labute approximate surface area is 145 Å². The van der Waals surface area contributed by atoms with E-state index in [0.717, 1.165) is 12.2 Å². The lowest BCUT2D eigenvalue weighted by Crippen LogP contribution is -2.44. The first-order valence-electron chi connectivity index (χ1n) is 9.17. The Morgan fingerprint density at radius 3 is 2.67 bits per heavy atom.